The van der Waals surface area contributed by atoms with Crippen molar-refractivity contribution in [3.05, 3.63) is 12.2 Å². The van der Waals surface area contributed by atoms with E-state index in [2.05, 4.69) is 19.1 Å². The van der Waals surface area contributed by atoms with Crippen molar-refractivity contribution >= 4 is 109 Å². The molecule has 0 aromatic rings. The predicted octanol–water partition coefficient (Wildman–Crippen LogP) is 3.78. The van der Waals surface area contributed by atoms with Crippen LogP contribution in [0.3, 0.4) is 0 Å². The molecule has 0 rings (SSSR count). The number of hydrogen-bond donors (Lipinski definition) is 2. The summed E-state index contributed by atoms with van der Waals surface area (Å²) in [6.07, 6.45) is 17.4. The monoisotopic (exact) mass is 378 g/mol. The van der Waals surface area contributed by atoms with Crippen LogP contribution in [0, 0.1) is 0 Å². The Morgan fingerprint density at radius 2 is 1.52 bits per heavy atom. The van der Waals surface area contributed by atoms with Crippen molar-refractivity contribution in [3.8, 4) is 0 Å². The van der Waals surface area contributed by atoms with Gasteiger partial charge in [-0.05, 0) is 32.1 Å². The van der Waals surface area contributed by atoms with E-state index < -0.39 is 5.97 Å². The molecule has 0 amide bonds. The van der Waals surface area contributed by atoms with E-state index in [-0.39, 0.29) is 109 Å². The van der Waals surface area contributed by atoms with Crippen molar-refractivity contribution in [3.63, 3.8) is 0 Å². The zero-order valence-electron chi connectivity index (χ0n) is 13.7. The normalized spacial score (nSPS) is 11.7. The fraction of sp³-hybridized carbons (Fsp3) is 0.833. The molecule has 0 fully saturated rings. The summed E-state index contributed by atoms with van der Waals surface area (Å²) in [4.78, 5) is 10.3. The van der Waals surface area contributed by atoms with E-state index in [0.717, 1.165) is 51.4 Å². The van der Waals surface area contributed by atoms with E-state index in [9.17, 15) is 9.90 Å². The molecule has 1 atom stereocenters. The Labute approximate surface area is 228 Å². The van der Waals surface area contributed by atoms with Crippen molar-refractivity contribution in [2.45, 2.75) is 96.5 Å². The quantitative estimate of drug-likeness (QED) is 0.259. The Balaban J connectivity index is -0.00000200. The Hall–Kier alpha value is 2.44. The fourth-order valence-electron chi connectivity index (χ4n) is 2.36. The van der Waals surface area contributed by atoms with Crippen LogP contribution in [-0.4, -0.2) is 125 Å². The van der Waals surface area contributed by atoms with Gasteiger partial charge in [0.05, 0.1) is 6.10 Å². The summed E-state index contributed by atoms with van der Waals surface area (Å²) in [6.45, 7) is 2.20. The molecule has 0 spiro atoms. The van der Waals surface area contributed by atoms with Gasteiger partial charge in [0.2, 0.25) is 0 Å². The standard InChI is InChI=1S/C18H34O3.2K.2H/c1-2-3-4-11-14-17(19)15-12-9-7-5-6-8-10-13-16-18(20)21;;;;/h9,12,17,19H,2-8,10-11,13-16H2,1H3,(H,20,21);;;;/b12-9-;;;;/t17-;;;;/m1..../s1. The van der Waals surface area contributed by atoms with E-state index in [1.165, 1.54) is 25.7 Å². The SMILES string of the molecule is CCCCCC[C@@H](O)C/C=C\CCCCCCCC(=O)O.[KH].[KH]. The van der Waals surface area contributed by atoms with Gasteiger partial charge < -0.3 is 10.2 Å². The van der Waals surface area contributed by atoms with Gasteiger partial charge in [0, 0.05) is 6.42 Å². The van der Waals surface area contributed by atoms with E-state index >= 15 is 0 Å². The van der Waals surface area contributed by atoms with Crippen LogP contribution in [0.25, 0.3) is 0 Å². The van der Waals surface area contributed by atoms with Crippen molar-refractivity contribution in [2.75, 3.05) is 0 Å². The first-order chi connectivity index (χ1) is 10.2. The fourth-order valence-corrected chi connectivity index (χ4v) is 2.36. The van der Waals surface area contributed by atoms with Crippen LogP contribution in [0.4, 0.5) is 0 Å². The van der Waals surface area contributed by atoms with Gasteiger partial charge in [0.1, 0.15) is 0 Å². The zero-order valence-corrected chi connectivity index (χ0v) is 13.7. The molecule has 2 N–H and O–H groups in total. The molecule has 0 aliphatic heterocycles. The second-order valence-electron chi connectivity index (χ2n) is 5.91. The van der Waals surface area contributed by atoms with Crippen LogP contribution in [0.15, 0.2) is 12.2 Å². The van der Waals surface area contributed by atoms with Gasteiger partial charge in [-0.25, -0.2) is 0 Å². The van der Waals surface area contributed by atoms with Crippen molar-refractivity contribution in [1.82, 2.24) is 0 Å². The second kappa shape index (κ2) is 24.4. The van der Waals surface area contributed by atoms with E-state index in [0.29, 0.717) is 6.42 Å². The van der Waals surface area contributed by atoms with E-state index in [1.54, 1.807) is 0 Å². The molecule has 128 valence electrons. The van der Waals surface area contributed by atoms with Gasteiger partial charge in [-0.3, -0.25) is 4.79 Å². The number of carbonyl (C=O) groups is 1. The molecule has 0 aromatic carbocycles. The van der Waals surface area contributed by atoms with Crippen LogP contribution in [0.1, 0.15) is 90.4 Å². The molecule has 0 saturated carbocycles. The number of carboxylic acid groups (broad SMARTS) is 1. The summed E-state index contributed by atoms with van der Waals surface area (Å²) < 4.78 is 0. The van der Waals surface area contributed by atoms with Gasteiger partial charge in [-0.15, -0.1) is 0 Å². The van der Waals surface area contributed by atoms with E-state index in [1.807, 2.05) is 0 Å². The molecule has 0 saturated heterocycles. The average Bonchev–Trinajstić information content (AvgIpc) is 2.45. The van der Waals surface area contributed by atoms with Crippen LogP contribution >= 0.6 is 0 Å². The second-order valence-corrected chi connectivity index (χ2v) is 5.91. The Morgan fingerprint density at radius 3 is 2.17 bits per heavy atom. The number of aliphatic carboxylic acids is 1. The number of hydrogen-bond acceptors (Lipinski definition) is 2. The predicted molar refractivity (Wildman–Crippen MR) is 103 cm³/mol. The van der Waals surface area contributed by atoms with Crippen molar-refractivity contribution < 1.29 is 15.0 Å². The number of carboxylic acids is 1. The topological polar surface area (TPSA) is 57.5 Å². The number of rotatable bonds is 15. The number of aliphatic hydroxyl groups excluding tert-OH is 1. The first kappa shape index (κ1) is 30.2. The zero-order chi connectivity index (χ0) is 15.8. The molecular weight excluding hydrogens is 342 g/mol. The maximum absolute atomic E-state index is 10.3. The first-order valence-corrected chi connectivity index (χ1v) is 8.71. The summed E-state index contributed by atoms with van der Waals surface area (Å²) in [5.74, 6) is -0.689. The van der Waals surface area contributed by atoms with Crippen LogP contribution in [0.5, 0.6) is 0 Å². The molecule has 0 aromatic heterocycles. The summed E-state index contributed by atoms with van der Waals surface area (Å²) >= 11 is 0. The third kappa shape index (κ3) is 26.8. The average molecular weight is 379 g/mol. The first-order valence-electron chi connectivity index (χ1n) is 8.71. The third-order valence-electron chi connectivity index (χ3n) is 3.73. The van der Waals surface area contributed by atoms with E-state index in [4.69, 9.17) is 5.11 Å². The van der Waals surface area contributed by atoms with Crippen molar-refractivity contribution in [2.24, 2.45) is 0 Å². The Morgan fingerprint density at radius 1 is 0.913 bits per heavy atom. The van der Waals surface area contributed by atoms with Gasteiger partial charge >= 0.3 is 109 Å². The van der Waals surface area contributed by atoms with Crippen LogP contribution < -0.4 is 0 Å². The molecule has 0 unspecified atom stereocenters. The summed E-state index contributed by atoms with van der Waals surface area (Å²) in [5.41, 5.74) is 0. The summed E-state index contributed by atoms with van der Waals surface area (Å²) in [6, 6.07) is 0. The summed E-state index contributed by atoms with van der Waals surface area (Å²) in [5, 5.41) is 18.3. The van der Waals surface area contributed by atoms with Gasteiger partial charge in [0.25, 0.3) is 0 Å². The Kier molecular flexibility index (Phi) is 32.1. The molecule has 3 nitrogen and oxygen atoms in total. The number of allylic oxidation sites excluding steroid dienone is 1. The molecular formula is C18H36K2O3. The van der Waals surface area contributed by atoms with Crippen LogP contribution in [-0.2, 0) is 4.79 Å². The minimum absolute atomic E-state index is 0. The van der Waals surface area contributed by atoms with Gasteiger partial charge in [-0.2, -0.15) is 0 Å². The Bertz CT molecular complexity index is 271. The van der Waals surface area contributed by atoms with Gasteiger partial charge in [-0.1, -0.05) is 64.0 Å². The molecule has 0 aliphatic rings. The van der Waals surface area contributed by atoms with Crippen molar-refractivity contribution in [1.29, 1.82) is 0 Å². The molecule has 23 heavy (non-hydrogen) atoms. The molecule has 0 radical (unpaired) electrons. The minimum atomic E-state index is -0.689. The molecule has 0 aliphatic carbocycles. The number of unbranched alkanes of at least 4 members (excludes halogenated alkanes) is 8. The molecule has 5 heteroatoms. The molecule has 0 heterocycles. The third-order valence-corrected chi connectivity index (χ3v) is 3.73. The van der Waals surface area contributed by atoms with Gasteiger partial charge in [0.15, 0.2) is 0 Å². The maximum atomic E-state index is 10.3. The van der Waals surface area contributed by atoms with Crippen LogP contribution in [0.2, 0.25) is 0 Å². The number of aliphatic hydroxyl groups is 1. The summed E-state index contributed by atoms with van der Waals surface area (Å²) in [7, 11) is 0. The molecule has 0 bridgehead atoms.